The summed E-state index contributed by atoms with van der Waals surface area (Å²) in [5, 5.41) is 12.9. The smallest absolute Gasteiger partial charge is 0.245 e. The zero-order valence-electron chi connectivity index (χ0n) is 17.8. The normalized spacial score (nSPS) is 21.5. The Kier molecular flexibility index (Phi) is 5.71. The van der Waals surface area contributed by atoms with Crippen LogP contribution in [0.4, 0.5) is 11.6 Å². The molecule has 8 nitrogen and oxygen atoms in total. The van der Waals surface area contributed by atoms with Crippen LogP contribution in [0.15, 0.2) is 24.5 Å². The van der Waals surface area contributed by atoms with Crippen molar-refractivity contribution in [2.45, 2.75) is 51.2 Å². The second kappa shape index (κ2) is 8.28. The zero-order chi connectivity index (χ0) is 21.3. The van der Waals surface area contributed by atoms with Crippen molar-refractivity contribution in [1.82, 2.24) is 15.0 Å². The third-order valence-electron chi connectivity index (χ3n) is 5.97. The van der Waals surface area contributed by atoms with Crippen molar-refractivity contribution in [1.29, 1.82) is 0 Å². The maximum absolute atomic E-state index is 12.1. The number of carbonyl (C=O) groups is 1. The molecule has 0 aromatic carbocycles. The first-order valence-electron chi connectivity index (χ1n) is 10.5. The minimum Gasteiger partial charge on any atom is -0.384 e. The van der Waals surface area contributed by atoms with E-state index in [0.29, 0.717) is 35.0 Å². The summed E-state index contributed by atoms with van der Waals surface area (Å²) >= 11 is 0. The Hall–Kier alpha value is -2.58. The fourth-order valence-electron chi connectivity index (χ4n) is 4.18. The summed E-state index contributed by atoms with van der Waals surface area (Å²) in [6, 6.07) is 3.67. The quantitative estimate of drug-likeness (QED) is 0.754. The van der Waals surface area contributed by atoms with Crippen molar-refractivity contribution < 1.29 is 14.6 Å². The zero-order valence-corrected chi connectivity index (χ0v) is 17.8. The van der Waals surface area contributed by atoms with Gasteiger partial charge in [-0.1, -0.05) is 0 Å². The largest absolute Gasteiger partial charge is 0.384 e. The molecule has 1 amide bonds. The van der Waals surface area contributed by atoms with Crippen LogP contribution in [0, 0.1) is 5.92 Å². The molecule has 1 aliphatic heterocycles. The molecule has 0 saturated heterocycles. The van der Waals surface area contributed by atoms with Crippen molar-refractivity contribution >= 4 is 17.5 Å². The van der Waals surface area contributed by atoms with Gasteiger partial charge in [0.2, 0.25) is 5.91 Å². The molecule has 4 rings (SSSR count). The average Bonchev–Trinajstić information content (AvgIpc) is 3.19. The van der Waals surface area contributed by atoms with Crippen LogP contribution in [0.2, 0.25) is 0 Å². The molecule has 1 aliphatic carbocycles. The van der Waals surface area contributed by atoms with E-state index in [1.54, 1.807) is 39.4 Å². The molecule has 30 heavy (non-hydrogen) atoms. The predicted octanol–water partition coefficient (Wildman–Crippen LogP) is 2.73. The van der Waals surface area contributed by atoms with E-state index in [1.165, 1.54) is 0 Å². The third kappa shape index (κ3) is 4.44. The molecule has 0 radical (unpaired) electrons. The lowest BCUT2D eigenvalue weighted by Gasteiger charge is -2.30. The Morgan fingerprint density at radius 2 is 2.10 bits per heavy atom. The lowest BCUT2D eigenvalue weighted by molar-refractivity contribution is -0.115. The van der Waals surface area contributed by atoms with Gasteiger partial charge in [-0.15, -0.1) is 0 Å². The minimum absolute atomic E-state index is 0.0677. The van der Waals surface area contributed by atoms with Gasteiger partial charge in [0, 0.05) is 25.4 Å². The Labute approximate surface area is 176 Å². The van der Waals surface area contributed by atoms with Gasteiger partial charge in [-0.3, -0.25) is 9.78 Å². The summed E-state index contributed by atoms with van der Waals surface area (Å²) in [6.07, 6.45) is 8.04. The van der Waals surface area contributed by atoms with E-state index in [4.69, 9.17) is 9.72 Å². The maximum atomic E-state index is 12.1. The molecule has 0 unspecified atom stereocenters. The van der Waals surface area contributed by atoms with E-state index in [1.807, 2.05) is 11.0 Å². The van der Waals surface area contributed by atoms with E-state index in [2.05, 4.69) is 15.3 Å². The number of rotatable bonds is 6. The predicted molar refractivity (Wildman–Crippen MR) is 114 cm³/mol. The number of aliphatic hydroxyl groups is 1. The molecule has 2 aliphatic rings. The van der Waals surface area contributed by atoms with Crippen LogP contribution in [0.1, 0.15) is 45.2 Å². The van der Waals surface area contributed by atoms with Gasteiger partial charge in [0.25, 0.3) is 0 Å². The number of anilines is 2. The van der Waals surface area contributed by atoms with Gasteiger partial charge in [0.15, 0.2) is 11.6 Å². The summed E-state index contributed by atoms with van der Waals surface area (Å²) in [5.41, 5.74) is 1.10. The number of amides is 1. The van der Waals surface area contributed by atoms with Crippen molar-refractivity contribution in [2.24, 2.45) is 5.92 Å². The number of pyridine rings is 1. The van der Waals surface area contributed by atoms with Gasteiger partial charge in [-0.2, -0.15) is 0 Å². The first kappa shape index (κ1) is 20.7. The van der Waals surface area contributed by atoms with E-state index < -0.39 is 5.60 Å². The molecule has 3 heterocycles. The molecule has 0 spiro atoms. The van der Waals surface area contributed by atoms with Crippen molar-refractivity contribution in [2.75, 3.05) is 30.4 Å². The molecular weight excluding hydrogens is 382 g/mol. The number of hydrogen-bond acceptors (Lipinski definition) is 7. The number of aromatic nitrogens is 3. The molecule has 8 heteroatoms. The van der Waals surface area contributed by atoms with Gasteiger partial charge in [-0.05, 0) is 57.6 Å². The van der Waals surface area contributed by atoms with Crippen molar-refractivity contribution in [3.63, 3.8) is 0 Å². The second-order valence-electron chi connectivity index (χ2n) is 8.71. The Balaban J connectivity index is 1.53. The Bertz CT molecular complexity index is 910. The summed E-state index contributed by atoms with van der Waals surface area (Å²) < 4.78 is 5.48. The van der Waals surface area contributed by atoms with E-state index in [0.717, 1.165) is 37.8 Å². The van der Waals surface area contributed by atoms with Gasteiger partial charge < -0.3 is 20.1 Å². The van der Waals surface area contributed by atoms with Crippen molar-refractivity contribution in [3.8, 4) is 11.3 Å². The number of fused-ring (bicyclic) bond motifs is 1. The van der Waals surface area contributed by atoms with Gasteiger partial charge in [-0.25, -0.2) is 9.97 Å². The van der Waals surface area contributed by atoms with Crippen LogP contribution in [0.25, 0.3) is 11.3 Å². The van der Waals surface area contributed by atoms with Gasteiger partial charge in [0.05, 0.1) is 30.2 Å². The first-order valence-corrected chi connectivity index (χ1v) is 10.5. The van der Waals surface area contributed by atoms with Gasteiger partial charge in [0.1, 0.15) is 5.60 Å². The topological polar surface area (TPSA) is 100 Å². The van der Waals surface area contributed by atoms with Crippen LogP contribution < -0.4 is 10.2 Å². The van der Waals surface area contributed by atoms with Crippen LogP contribution in [0.5, 0.6) is 0 Å². The third-order valence-corrected chi connectivity index (χ3v) is 5.97. The number of methoxy groups -OCH3 is 1. The highest BCUT2D eigenvalue weighted by atomic mass is 16.5. The molecule has 2 atom stereocenters. The molecule has 2 N–H and O–H groups in total. The molecule has 0 bridgehead atoms. The molecule has 2 aromatic heterocycles. The second-order valence-corrected chi connectivity index (χ2v) is 8.71. The van der Waals surface area contributed by atoms with E-state index in [-0.39, 0.29) is 12.5 Å². The molecule has 2 aromatic rings. The summed E-state index contributed by atoms with van der Waals surface area (Å²) in [5.74, 6) is 1.73. The summed E-state index contributed by atoms with van der Waals surface area (Å²) in [4.78, 5) is 27.7. The fourth-order valence-corrected chi connectivity index (χ4v) is 4.18. The molecular formula is C22H29N5O3. The van der Waals surface area contributed by atoms with Gasteiger partial charge >= 0.3 is 0 Å². The van der Waals surface area contributed by atoms with Crippen LogP contribution >= 0.6 is 0 Å². The maximum Gasteiger partial charge on any atom is 0.245 e. The minimum atomic E-state index is -0.997. The molecule has 1 saturated carbocycles. The summed E-state index contributed by atoms with van der Waals surface area (Å²) in [6.45, 7) is 4.44. The van der Waals surface area contributed by atoms with Crippen LogP contribution in [-0.4, -0.2) is 52.3 Å². The highest BCUT2D eigenvalue weighted by Gasteiger charge is 2.28. The Morgan fingerprint density at radius 1 is 1.27 bits per heavy atom. The van der Waals surface area contributed by atoms with Crippen molar-refractivity contribution in [3.05, 3.63) is 30.2 Å². The number of carbonyl (C=O) groups excluding carboxylic acids is 1. The SMILES string of the molecule is CO[C@@H]1CC[C@H](CCN2CC(=O)Nc3ncc(-c4ccc(C(C)(C)O)nc4)nc32)C1. The standard InChI is InChI=1S/C22H29N5O3/c1-22(2,29)18-7-5-15(11-23-18)17-12-24-20-21(25-17)27(13-19(28)26-20)9-8-14-4-6-16(10-14)30-3/h5,7,11-12,14,16,29H,4,6,8-10,13H2,1-3H3,(H,24,26,28)/t14-,16-/m1/s1. The Morgan fingerprint density at radius 3 is 2.77 bits per heavy atom. The molecule has 1 fully saturated rings. The van der Waals surface area contributed by atoms with Crippen LogP contribution in [-0.2, 0) is 15.1 Å². The molecule has 160 valence electrons. The fraction of sp³-hybridized carbons (Fsp3) is 0.545. The number of hydrogen-bond donors (Lipinski definition) is 2. The number of ether oxygens (including phenoxy) is 1. The highest BCUT2D eigenvalue weighted by Crippen LogP contribution is 2.33. The van der Waals surface area contributed by atoms with E-state index in [9.17, 15) is 9.90 Å². The number of nitrogens with one attached hydrogen (secondary N) is 1. The van der Waals surface area contributed by atoms with E-state index >= 15 is 0 Å². The van der Waals surface area contributed by atoms with Crippen LogP contribution in [0.3, 0.4) is 0 Å². The monoisotopic (exact) mass is 411 g/mol. The lowest BCUT2D eigenvalue weighted by atomic mass is 10.0. The number of nitrogens with zero attached hydrogens (tertiary/aromatic N) is 4. The first-order chi connectivity index (χ1) is 14.3. The summed E-state index contributed by atoms with van der Waals surface area (Å²) in [7, 11) is 1.78. The lowest BCUT2D eigenvalue weighted by Crippen LogP contribution is -2.40. The average molecular weight is 412 g/mol. The highest BCUT2D eigenvalue weighted by molar-refractivity contribution is 5.99.